The Morgan fingerprint density at radius 2 is 1.45 bits per heavy atom. The van der Waals surface area contributed by atoms with Gasteiger partial charge in [0, 0.05) is 5.41 Å². The fraction of sp³-hybridized carbons (Fsp3) is 0.273. The highest BCUT2D eigenvalue weighted by molar-refractivity contribution is 5.33. The van der Waals surface area contributed by atoms with Gasteiger partial charge in [-0.3, -0.25) is 0 Å². The Balaban J connectivity index is 2.26. The van der Waals surface area contributed by atoms with Gasteiger partial charge in [0.25, 0.3) is 0 Å². The van der Waals surface area contributed by atoms with E-state index in [1.165, 1.54) is 12.8 Å². The number of hydrogen-bond donors (Lipinski definition) is 0. The van der Waals surface area contributed by atoms with Crippen LogP contribution in [-0.4, -0.2) is 0 Å². The van der Waals surface area contributed by atoms with Crippen LogP contribution in [0.25, 0.3) is 0 Å². The van der Waals surface area contributed by atoms with Crippen LogP contribution in [0.4, 0.5) is 0 Å². The molecule has 0 saturated carbocycles. The first-order valence-corrected chi connectivity index (χ1v) is 4.13. The SMILES string of the molecule is C1=CCCC2(C=C1)C=CC=C2. The van der Waals surface area contributed by atoms with E-state index >= 15 is 0 Å². The summed E-state index contributed by atoms with van der Waals surface area (Å²) in [6.45, 7) is 0. The molecular formula is C11H12. The number of allylic oxidation sites excluding steroid dienone is 8. The van der Waals surface area contributed by atoms with Crippen LogP contribution < -0.4 is 0 Å². The van der Waals surface area contributed by atoms with Crippen LogP contribution >= 0.6 is 0 Å². The van der Waals surface area contributed by atoms with Crippen LogP contribution in [-0.2, 0) is 0 Å². The third-order valence-electron chi connectivity index (χ3n) is 2.32. The quantitative estimate of drug-likeness (QED) is 0.490. The van der Waals surface area contributed by atoms with Gasteiger partial charge in [0.15, 0.2) is 0 Å². The van der Waals surface area contributed by atoms with Crippen molar-refractivity contribution in [1.82, 2.24) is 0 Å². The van der Waals surface area contributed by atoms with Crippen LogP contribution in [0.5, 0.6) is 0 Å². The summed E-state index contributed by atoms with van der Waals surface area (Å²) in [7, 11) is 0. The topological polar surface area (TPSA) is 0 Å². The Morgan fingerprint density at radius 1 is 0.818 bits per heavy atom. The molecule has 1 spiro atoms. The first kappa shape index (κ1) is 6.66. The van der Waals surface area contributed by atoms with Gasteiger partial charge in [-0.15, -0.1) is 0 Å². The summed E-state index contributed by atoms with van der Waals surface area (Å²) in [5, 5.41) is 0. The Bertz CT molecular complexity index is 239. The molecule has 2 aliphatic rings. The normalized spacial score (nSPS) is 24.7. The van der Waals surface area contributed by atoms with Crippen molar-refractivity contribution in [3.63, 3.8) is 0 Å². The lowest BCUT2D eigenvalue weighted by Crippen LogP contribution is -2.07. The summed E-state index contributed by atoms with van der Waals surface area (Å²) in [6, 6.07) is 0. The molecule has 0 nitrogen and oxygen atoms in total. The lowest BCUT2D eigenvalue weighted by Gasteiger charge is -2.18. The van der Waals surface area contributed by atoms with Crippen molar-refractivity contribution in [2.45, 2.75) is 12.8 Å². The van der Waals surface area contributed by atoms with Crippen molar-refractivity contribution < 1.29 is 0 Å². The highest BCUT2D eigenvalue weighted by atomic mass is 14.3. The molecule has 2 rings (SSSR count). The Kier molecular flexibility index (Phi) is 1.54. The van der Waals surface area contributed by atoms with Crippen molar-refractivity contribution in [2.75, 3.05) is 0 Å². The largest absolute Gasteiger partial charge is 0.0845 e. The van der Waals surface area contributed by atoms with E-state index in [0.29, 0.717) is 0 Å². The molecule has 0 aliphatic heterocycles. The van der Waals surface area contributed by atoms with Crippen molar-refractivity contribution in [3.05, 3.63) is 48.6 Å². The highest BCUT2D eigenvalue weighted by Gasteiger charge is 2.21. The van der Waals surface area contributed by atoms with Crippen molar-refractivity contribution in [1.29, 1.82) is 0 Å². The average Bonchev–Trinajstić information content (AvgIpc) is 2.32. The Labute approximate surface area is 67.6 Å². The summed E-state index contributed by atoms with van der Waals surface area (Å²) < 4.78 is 0. The molecule has 0 radical (unpaired) electrons. The molecule has 0 atom stereocenters. The lowest BCUT2D eigenvalue weighted by atomic mass is 9.85. The van der Waals surface area contributed by atoms with Crippen LogP contribution in [0, 0.1) is 5.41 Å². The second-order valence-electron chi connectivity index (χ2n) is 3.16. The molecule has 56 valence electrons. The van der Waals surface area contributed by atoms with Gasteiger partial charge in [-0.25, -0.2) is 0 Å². The maximum Gasteiger partial charge on any atom is 0.0253 e. The zero-order chi connectivity index (χ0) is 7.57. The summed E-state index contributed by atoms with van der Waals surface area (Å²) in [5.74, 6) is 0. The summed E-state index contributed by atoms with van der Waals surface area (Å²) in [5.41, 5.74) is 0.253. The predicted octanol–water partition coefficient (Wildman–Crippen LogP) is 3.01. The first-order valence-electron chi connectivity index (χ1n) is 4.13. The maximum absolute atomic E-state index is 2.27. The molecule has 0 heteroatoms. The minimum Gasteiger partial charge on any atom is -0.0845 e. The van der Waals surface area contributed by atoms with Crippen molar-refractivity contribution in [2.24, 2.45) is 5.41 Å². The molecule has 0 aromatic heterocycles. The molecule has 11 heavy (non-hydrogen) atoms. The molecular weight excluding hydrogens is 132 g/mol. The Hall–Kier alpha value is -1.04. The molecule has 0 amide bonds. The fourth-order valence-corrected chi connectivity index (χ4v) is 1.63. The van der Waals surface area contributed by atoms with Crippen molar-refractivity contribution >= 4 is 0 Å². The van der Waals surface area contributed by atoms with E-state index in [1.54, 1.807) is 0 Å². The lowest BCUT2D eigenvalue weighted by molar-refractivity contribution is 0.583. The van der Waals surface area contributed by atoms with E-state index in [0.717, 1.165) is 0 Å². The van der Waals surface area contributed by atoms with E-state index < -0.39 is 0 Å². The van der Waals surface area contributed by atoms with E-state index in [9.17, 15) is 0 Å². The van der Waals surface area contributed by atoms with Crippen molar-refractivity contribution in [3.8, 4) is 0 Å². The molecule has 0 aromatic carbocycles. The van der Waals surface area contributed by atoms with Gasteiger partial charge < -0.3 is 0 Å². The third-order valence-corrected chi connectivity index (χ3v) is 2.32. The molecule has 2 aliphatic carbocycles. The third kappa shape index (κ3) is 1.21. The fourth-order valence-electron chi connectivity index (χ4n) is 1.63. The second-order valence-corrected chi connectivity index (χ2v) is 3.16. The second kappa shape index (κ2) is 2.54. The van der Waals surface area contributed by atoms with Crippen LogP contribution in [0.3, 0.4) is 0 Å². The molecule has 0 unspecified atom stereocenters. The van der Waals surface area contributed by atoms with E-state index in [4.69, 9.17) is 0 Å². The summed E-state index contributed by atoms with van der Waals surface area (Å²) >= 11 is 0. The molecule has 0 fully saturated rings. The standard InChI is InChI=1S/C11H12/c1-2-4-8-11(7-3-1)9-5-6-10-11/h1-3,5-7,9-10H,4,8H2. The first-order chi connectivity index (χ1) is 5.41. The van der Waals surface area contributed by atoms with Gasteiger partial charge >= 0.3 is 0 Å². The summed E-state index contributed by atoms with van der Waals surface area (Å²) in [4.78, 5) is 0. The number of hydrogen-bond acceptors (Lipinski definition) is 0. The monoisotopic (exact) mass is 144 g/mol. The van der Waals surface area contributed by atoms with Gasteiger partial charge in [-0.2, -0.15) is 0 Å². The smallest absolute Gasteiger partial charge is 0.0253 e. The maximum atomic E-state index is 2.27. The van der Waals surface area contributed by atoms with Crippen LogP contribution in [0.1, 0.15) is 12.8 Å². The molecule has 0 aromatic rings. The average molecular weight is 144 g/mol. The zero-order valence-electron chi connectivity index (χ0n) is 6.53. The molecule has 0 heterocycles. The van der Waals surface area contributed by atoms with Gasteiger partial charge in [0.05, 0.1) is 0 Å². The predicted molar refractivity (Wildman–Crippen MR) is 48.2 cm³/mol. The Morgan fingerprint density at radius 3 is 2.18 bits per heavy atom. The van der Waals surface area contributed by atoms with Gasteiger partial charge in [0.1, 0.15) is 0 Å². The van der Waals surface area contributed by atoms with E-state index in [2.05, 4.69) is 48.6 Å². The molecule has 0 saturated heterocycles. The van der Waals surface area contributed by atoms with Crippen LogP contribution in [0.2, 0.25) is 0 Å². The minimum absolute atomic E-state index is 0.253. The van der Waals surface area contributed by atoms with Crippen LogP contribution in [0.15, 0.2) is 48.6 Å². The van der Waals surface area contributed by atoms with Gasteiger partial charge in [-0.05, 0) is 12.8 Å². The zero-order valence-corrected chi connectivity index (χ0v) is 6.53. The molecule has 0 bridgehead atoms. The highest BCUT2D eigenvalue weighted by Crippen LogP contribution is 2.34. The number of rotatable bonds is 0. The van der Waals surface area contributed by atoms with Gasteiger partial charge in [0.2, 0.25) is 0 Å². The minimum atomic E-state index is 0.253. The van der Waals surface area contributed by atoms with Gasteiger partial charge in [-0.1, -0.05) is 48.6 Å². The van der Waals surface area contributed by atoms with E-state index in [-0.39, 0.29) is 5.41 Å². The summed E-state index contributed by atoms with van der Waals surface area (Å²) in [6.07, 6.45) is 20.0. The van der Waals surface area contributed by atoms with E-state index in [1.807, 2.05) is 0 Å². The molecule has 0 N–H and O–H groups in total.